The van der Waals surface area contributed by atoms with Crippen molar-refractivity contribution in [2.45, 2.75) is 39.7 Å². The molecular formula is C19H26N2O2. The lowest BCUT2D eigenvalue weighted by atomic mass is 10.0. The van der Waals surface area contributed by atoms with Crippen molar-refractivity contribution in [2.75, 3.05) is 19.8 Å². The van der Waals surface area contributed by atoms with E-state index in [9.17, 15) is 4.79 Å². The van der Waals surface area contributed by atoms with Gasteiger partial charge in [0, 0.05) is 42.7 Å². The molecule has 4 heteroatoms. The van der Waals surface area contributed by atoms with Gasteiger partial charge in [0.05, 0.1) is 6.61 Å². The molecule has 2 heterocycles. The van der Waals surface area contributed by atoms with Gasteiger partial charge in [0.15, 0.2) is 0 Å². The van der Waals surface area contributed by atoms with E-state index in [2.05, 4.69) is 48.0 Å². The number of carbonyl (C=O) groups is 1. The largest absolute Gasteiger partial charge is 0.381 e. The summed E-state index contributed by atoms with van der Waals surface area (Å²) < 4.78 is 7.71. The summed E-state index contributed by atoms with van der Waals surface area (Å²) in [4.78, 5) is 12.1. The van der Waals surface area contributed by atoms with Gasteiger partial charge in [-0.1, -0.05) is 18.2 Å². The highest BCUT2D eigenvalue weighted by atomic mass is 16.5. The van der Waals surface area contributed by atoms with Gasteiger partial charge in [-0.2, -0.15) is 0 Å². The summed E-state index contributed by atoms with van der Waals surface area (Å²) in [5.74, 6) is 0.606. The average Bonchev–Trinajstić information content (AvgIpc) is 2.83. The van der Waals surface area contributed by atoms with Crippen LogP contribution in [0.4, 0.5) is 0 Å². The van der Waals surface area contributed by atoms with E-state index in [1.807, 2.05) is 0 Å². The Labute approximate surface area is 137 Å². The smallest absolute Gasteiger partial charge is 0.221 e. The number of carbonyl (C=O) groups excluding carboxylic acids is 1. The normalized spacial score (nSPS) is 18.3. The van der Waals surface area contributed by atoms with Crippen LogP contribution in [0.5, 0.6) is 0 Å². The van der Waals surface area contributed by atoms with Crippen molar-refractivity contribution in [1.82, 2.24) is 9.88 Å². The van der Waals surface area contributed by atoms with Crippen LogP contribution >= 0.6 is 0 Å². The lowest BCUT2D eigenvalue weighted by Gasteiger charge is -2.22. The number of hydrogen-bond donors (Lipinski definition) is 1. The maximum absolute atomic E-state index is 12.1. The summed E-state index contributed by atoms with van der Waals surface area (Å²) in [6.45, 7) is 7.39. The average molecular weight is 314 g/mol. The monoisotopic (exact) mass is 314 g/mol. The molecule has 1 amide bonds. The van der Waals surface area contributed by atoms with Crippen LogP contribution in [0, 0.1) is 19.8 Å². The number of aromatic nitrogens is 1. The van der Waals surface area contributed by atoms with Gasteiger partial charge in [-0.25, -0.2) is 0 Å². The molecule has 0 aliphatic carbocycles. The van der Waals surface area contributed by atoms with Crippen molar-refractivity contribution in [2.24, 2.45) is 5.92 Å². The molecule has 0 spiro atoms. The van der Waals surface area contributed by atoms with Crippen LogP contribution in [-0.4, -0.2) is 30.2 Å². The number of ether oxygens (including phenoxy) is 1. The Kier molecular flexibility index (Phi) is 5.01. The molecule has 0 saturated carbocycles. The first kappa shape index (κ1) is 16.1. The molecule has 4 nitrogen and oxygen atoms in total. The molecule has 1 N–H and O–H groups in total. The Balaban J connectivity index is 1.57. The Morgan fingerprint density at radius 3 is 2.96 bits per heavy atom. The Morgan fingerprint density at radius 1 is 1.35 bits per heavy atom. The van der Waals surface area contributed by atoms with Crippen LogP contribution in [0.3, 0.4) is 0 Å². The SMILES string of the molecule is Cc1c(C)n(CCC(=O)NCC2CCCOC2)c2ccccc12. The molecule has 2 aromatic rings. The number of rotatable bonds is 5. The number of nitrogens with zero attached hydrogens (tertiary/aromatic N) is 1. The van der Waals surface area contributed by atoms with E-state index >= 15 is 0 Å². The predicted molar refractivity (Wildman–Crippen MR) is 92.6 cm³/mol. The van der Waals surface area contributed by atoms with Crippen molar-refractivity contribution in [3.63, 3.8) is 0 Å². The molecule has 1 aromatic heterocycles. The number of hydrogen-bond acceptors (Lipinski definition) is 2. The summed E-state index contributed by atoms with van der Waals surface area (Å²) >= 11 is 0. The van der Waals surface area contributed by atoms with Crippen LogP contribution < -0.4 is 5.32 Å². The Bertz CT molecular complexity index is 684. The van der Waals surface area contributed by atoms with Gasteiger partial charge in [-0.05, 0) is 44.2 Å². The first-order chi connectivity index (χ1) is 11.2. The molecule has 23 heavy (non-hydrogen) atoms. The van der Waals surface area contributed by atoms with Gasteiger partial charge >= 0.3 is 0 Å². The third-order valence-electron chi connectivity index (χ3n) is 4.95. The summed E-state index contributed by atoms with van der Waals surface area (Å²) in [5.41, 5.74) is 3.77. The molecule has 0 radical (unpaired) electrons. The molecule has 3 rings (SSSR count). The molecule has 1 atom stereocenters. The van der Waals surface area contributed by atoms with E-state index in [4.69, 9.17) is 4.74 Å². The van der Waals surface area contributed by atoms with Crippen LogP contribution in [-0.2, 0) is 16.1 Å². The molecule has 1 aromatic carbocycles. The fourth-order valence-electron chi connectivity index (χ4n) is 3.42. The van der Waals surface area contributed by atoms with Gasteiger partial charge in [-0.15, -0.1) is 0 Å². The summed E-state index contributed by atoms with van der Waals surface area (Å²) in [6.07, 6.45) is 2.78. The van der Waals surface area contributed by atoms with Crippen LogP contribution in [0.25, 0.3) is 10.9 Å². The number of para-hydroxylation sites is 1. The quantitative estimate of drug-likeness (QED) is 0.921. The highest BCUT2D eigenvalue weighted by Gasteiger charge is 2.15. The van der Waals surface area contributed by atoms with Crippen molar-refractivity contribution in [3.8, 4) is 0 Å². The number of amides is 1. The maximum atomic E-state index is 12.1. The molecule has 0 bridgehead atoms. The molecule has 124 valence electrons. The van der Waals surface area contributed by atoms with Gasteiger partial charge in [-0.3, -0.25) is 4.79 Å². The van der Waals surface area contributed by atoms with E-state index in [-0.39, 0.29) is 5.91 Å². The maximum Gasteiger partial charge on any atom is 0.221 e. The van der Waals surface area contributed by atoms with E-state index < -0.39 is 0 Å². The minimum Gasteiger partial charge on any atom is -0.381 e. The van der Waals surface area contributed by atoms with Gasteiger partial charge in [0.25, 0.3) is 0 Å². The van der Waals surface area contributed by atoms with Crippen molar-refractivity contribution >= 4 is 16.8 Å². The summed E-state index contributed by atoms with van der Waals surface area (Å²) in [6, 6.07) is 8.41. The van der Waals surface area contributed by atoms with Crippen LogP contribution in [0.15, 0.2) is 24.3 Å². The highest BCUT2D eigenvalue weighted by Crippen LogP contribution is 2.25. The molecule has 1 unspecified atom stereocenters. The van der Waals surface area contributed by atoms with E-state index in [0.29, 0.717) is 12.3 Å². The Morgan fingerprint density at radius 2 is 2.17 bits per heavy atom. The zero-order valence-electron chi connectivity index (χ0n) is 14.1. The summed E-state index contributed by atoms with van der Waals surface area (Å²) in [7, 11) is 0. The van der Waals surface area contributed by atoms with Gasteiger partial charge in [0.2, 0.25) is 5.91 Å². The first-order valence-electron chi connectivity index (χ1n) is 8.55. The van der Waals surface area contributed by atoms with E-state index in [1.165, 1.54) is 22.2 Å². The number of benzene rings is 1. The minimum absolute atomic E-state index is 0.130. The molecule has 1 saturated heterocycles. The van der Waals surface area contributed by atoms with Crippen LogP contribution in [0.1, 0.15) is 30.5 Å². The molecule has 1 aliphatic heterocycles. The number of aryl methyl sites for hydroxylation is 2. The Hall–Kier alpha value is -1.81. The van der Waals surface area contributed by atoms with Gasteiger partial charge in [0.1, 0.15) is 0 Å². The molecule has 1 aliphatic rings. The number of nitrogens with one attached hydrogen (secondary N) is 1. The zero-order valence-corrected chi connectivity index (χ0v) is 14.1. The predicted octanol–water partition coefficient (Wildman–Crippen LogP) is 3.19. The van der Waals surface area contributed by atoms with Crippen molar-refractivity contribution in [1.29, 1.82) is 0 Å². The highest BCUT2D eigenvalue weighted by molar-refractivity contribution is 5.85. The van der Waals surface area contributed by atoms with E-state index in [0.717, 1.165) is 39.1 Å². The second-order valence-electron chi connectivity index (χ2n) is 6.52. The molecular weight excluding hydrogens is 288 g/mol. The lowest BCUT2D eigenvalue weighted by Crippen LogP contribution is -2.33. The second kappa shape index (κ2) is 7.18. The summed E-state index contributed by atoms with van der Waals surface area (Å²) in [5, 5.41) is 4.35. The van der Waals surface area contributed by atoms with Gasteiger partial charge < -0.3 is 14.6 Å². The fourth-order valence-corrected chi connectivity index (χ4v) is 3.42. The van der Waals surface area contributed by atoms with Crippen LogP contribution in [0.2, 0.25) is 0 Å². The standard InChI is InChI=1S/C19H26N2O2/c1-14-15(2)21(18-8-4-3-7-17(14)18)10-9-19(22)20-12-16-6-5-11-23-13-16/h3-4,7-8,16H,5-6,9-13H2,1-2H3,(H,20,22). The lowest BCUT2D eigenvalue weighted by molar-refractivity contribution is -0.121. The topological polar surface area (TPSA) is 43.3 Å². The second-order valence-corrected chi connectivity index (χ2v) is 6.52. The van der Waals surface area contributed by atoms with Crippen molar-refractivity contribution in [3.05, 3.63) is 35.5 Å². The van der Waals surface area contributed by atoms with E-state index in [1.54, 1.807) is 0 Å². The number of fused-ring (bicyclic) bond motifs is 1. The zero-order chi connectivity index (χ0) is 16.2. The third-order valence-corrected chi connectivity index (χ3v) is 4.95. The fraction of sp³-hybridized carbons (Fsp3) is 0.526. The minimum atomic E-state index is 0.130. The van der Waals surface area contributed by atoms with Crippen molar-refractivity contribution < 1.29 is 9.53 Å². The third kappa shape index (κ3) is 3.58. The first-order valence-corrected chi connectivity index (χ1v) is 8.55. The molecule has 1 fully saturated rings.